The van der Waals surface area contributed by atoms with E-state index in [-0.39, 0.29) is 22.9 Å². The molecule has 0 aliphatic heterocycles. The molecule has 0 spiro atoms. The maximum atomic E-state index is 14.6. The molecule has 0 aliphatic rings. The third-order valence-electron chi connectivity index (χ3n) is 3.85. The first kappa shape index (κ1) is 14.6. The summed E-state index contributed by atoms with van der Waals surface area (Å²) in [7, 11) is 0. The first-order chi connectivity index (χ1) is 10.6. The minimum absolute atomic E-state index is 0.0248. The highest BCUT2D eigenvalue weighted by molar-refractivity contribution is 6.06. The minimum atomic E-state index is -0.960. The molecule has 3 aromatic rings. The average molecular weight is 307 g/mol. The lowest BCUT2D eigenvalue weighted by atomic mass is 10.00. The number of halogens is 2. The Morgan fingerprint density at radius 3 is 2.73 bits per heavy atom. The van der Waals surface area contributed by atoms with E-state index in [1.54, 1.807) is 0 Å². The number of rotatable bonds is 4. The van der Waals surface area contributed by atoms with Crippen molar-refractivity contribution >= 4 is 21.8 Å². The van der Waals surface area contributed by atoms with Gasteiger partial charge in [-0.3, -0.25) is 9.89 Å². The molecule has 0 amide bonds. The van der Waals surface area contributed by atoms with E-state index in [4.69, 9.17) is 5.11 Å². The molecule has 7 heteroatoms. The van der Waals surface area contributed by atoms with Crippen LogP contribution in [0.2, 0.25) is 0 Å². The number of aliphatic hydroxyl groups excluding tert-OH is 1. The maximum Gasteiger partial charge on any atom is 0.220 e. The van der Waals surface area contributed by atoms with Crippen molar-refractivity contribution in [2.75, 3.05) is 6.61 Å². The number of aromatic amines is 2. The quantitative estimate of drug-likeness (QED) is 0.647. The molecule has 2 aromatic heterocycles. The van der Waals surface area contributed by atoms with Gasteiger partial charge in [-0.2, -0.15) is 0 Å². The number of nitrogens with zero attached hydrogens (tertiary/aromatic N) is 1. The van der Waals surface area contributed by atoms with Crippen molar-refractivity contribution in [2.24, 2.45) is 0 Å². The van der Waals surface area contributed by atoms with E-state index in [0.29, 0.717) is 36.0 Å². The Morgan fingerprint density at radius 1 is 1.23 bits per heavy atom. The van der Waals surface area contributed by atoms with Crippen LogP contribution >= 0.6 is 0 Å². The Hall–Kier alpha value is -2.28. The summed E-state index contributed by atoms with van der Waals surface area (Å²) in [5.74, 6) is -1.69. The van der Waals surface area contributed by atoms with E-state index in [2.05, 4.69) is 15.2 Å². The van der Waals surface area contributed by atoms with Crippen molar-refractivity contribution in [1.29, 1.82) is 0 Å². The number of pyridine rings is 1. The van der Waals surface area contributed by atoms with E-state index in [1.807, 2.05) is 0 Å². The lowest BCUT2D eigenvalue weighted by molar-refractivity contribution is 0.284. The Bertz CT molecular complexity index is 915. The zero-order valence-electron chi connectivity index (χ0n) is 12.0. The Balaban J connectivity index is 2.40. The molecule has 116 valence electrons. The highest BCUT2D eigenvalue weighted by Crippen LogP contribution is 2.30. The van der Waals surface area contributed by atoms with E-state index in [0.717, 1.165) is 0 Å². The predicted octanol–water partition coefficient (Wildman–Crippen LogP) is 2.31. The predicted molar refractivity (Wildman–Crippen MR) is 78.9 cm³/mol. The van der Waals surface area contributed by atoms with Crippen LogP contribution in [0.3, 0.4) is 0 Å². The van der Waals surface area contributed by atoms with Gasteiger partial charge < -0.3 is 10.2 Å². The van der Waals surface area contributed by atoms with Gasteiger partial charge in [0.2, 0.25) is 5.43 Å². The largest absolute Gasteiger partial charge is 0.396 e. The molecule has 22 heavy (non-hydrogen) atoms. The Kier molecular flexibility index (Phi) is 3.66. The maximum absolute atomic E-state index is 14.6. The molecule has 0 bridgehead atoms. The number of unbranched alkanes of at least 4 members (excludes halogenated alkanes) is 1. The van der Waals surface area contributed by atoms with E-state index >= 15 is 0 Å². The summed E-state index contributed by atoms with van der Waals surface area (Å²) in [5.41, 5.74) is -0.423. The number of aryl methyl sites for hydroxylation is 1. The van der Waals surface area contributed by atoms with Crippen molar-refractivity contribution in [2.45, 2.75) is 26.2 Å². The molecule has 0 atom stereocenters. The van der Waals surface area contributed by atoms with Crippen molar-refractivity contribution in [3.63, 3.8) is 0 Å². The molecular weight excluding hydrogens is 292 g/mol. The van der Waals surface area contributed by atoms with Crippen LogP contribution in [-0.4, -0.2) is 26.9 Å². The second kappa shape index (κ2) is 5.49. The number of aromatic nitrogens is 3. The van der Waals surface area contributed by atoms with Crippen LogP contribution < -0.4 is 5.43 Å². The molecule has 3 rings (SSSR count). The summed E-state index contributed by atoms with van der Waals surface area (Å²) in [6, 6.07) is 0. The molecule has 0 saturated heterocycles. The van der Waals surface area contributed by atoms with Crippen molar-refractivity contribution in [3.05, 3.63) is 39.3 Å². The van der Waals surface area contributed by atoms with Gasteiger partial charge in [0.05, 0.1) is 5.69 Å². The minimum Gasteiger partial charge on any atom is -0.396 e. The zero-order chi connectivity index (χ0) is 15.9. The molecule has 0 fully saturated rings. The topological polar surface area (TPSA) is 81.8 Å². The van der Waals surface area contributed by atoms with Crippen LogP contribution in [-0.2, 0) is 6.42 Å². The average Bonchev–Trinajstić information content (AvgIpc) is 2.97. The van der Waals surface area contributed by atoms with Crippen molar-refractivity contribution in [3.8, 4) is 0 Å². The summed E-state index contributed by atoms with van der Waals surface area (Å²) in [5, 5.41) is 14.6. The van der Waals surface area contributed by atoms with Crippen molar-refractivity contribution in [1.82, 2.24) is 15.2 Å². The fourth-order valence-corrected chi connectivity index (χ4v) is 2.68. The third kappa shape index (κ3) is 2.09. The second-order valence-electron chi connectivity index (χ2n) is 5.25. The van der Waals surface area contributed by atoms with Crippen LogP contribution in [0.1, 0.15) is 24.1 Å². The summed E-state index contributed by atoms with van der Waals surface area (Å²) in [6.45, 7) is 1.29. The zero-order valence-corrected chi connectivity index (χ0v) is 12.0. The number of H-pyrrole nitrogens is 2. The molecule has 0 radical (unpaired) electrons. The molecule has 5 nitrogen and oxygen atoms in total. The van der Waals surface area contributed by atoms with E-state index in [1.165, 1.54) is 13.1 Å². The van der Waals surface area contributed by atoms with Crippen LogP contribution in [0, 0.1) is 18.6 Å². The van der Waals surface area contributed by atoms with Crippen LogP contribution in [0.25, 0.3) is 21.8 Å². The summed E-state index contributed by atoms with van der Waals surface area (Å²) in [6.07, 6.45) is 2.98. The standard InChI is InChI=1S/C15H15F2N3O2/c1-7-12(16)11-9(4-2-3-5-21)19-15-8(6-18-20-15)10(11)13(17)14(7)22/h6,21H,2-5H2,1H3,(H2,18,19,20). The number of benzene rings is 1. The molecule has 0 unspecified atom stereocenters. The van der Waals surface area contributed by atoms with Crippen molar-refractivity contribution < 1.29 is 13.9 Å². The lowest BCUT2D eigenvalue weighted by Gasteiger charge is -2.10. The Morgan fingerprint density at radius 2 is 2.00 bits per heavy atom. The summed E-state index contributed by atoms with van der Waals surface area (Å²) < 4.78 is 29.0. The van der Waals surface area contributed by atoms with Crippen LogP contribution in [0.5, 0.6) is 0 Å². The molecule has 0 aliphatic carbocycles. The van der Waals surface area contributed by atoms with Gasteiger partial charge in [-0.25, -0.2) is 13.8 Å². The first-order valence-corrected chi connectivity index (χ1v) is 7.03. The number of fused-ring (bicyclic) bond motifs is 3. The molecule has 1 aromatic carbocycles. The Labute approximate surface area is 124 Å². The molecular formula is C15H15F2N3O2. The first-order valence-electron chi connectivity index (χ1n) is 7.03. The van der Waals surface area contributed by atoms with Gasteiger partial charge in [0, 0.05) is 34.5 Å². The van der Waals surface area contributed by atoms with Gasteiger partial charge in [-0.05, 0) is 26.2 Å². The fourth-order valence-electron chi connectivity index (χ4n) is 2.68. The normalized spacial score (nSPS) is 11.6. The number of aliphatic hydroxyl groups is 1. The fraction of sp³-hybridized carbons (Fsp3) is 0.333. The molecule has 3 N–H and O–H groups in total. The van der Waals surface area contributed by atoms with Crippen LogP contribution in [0.4, 0.5) is 8.78 Å². The van der Waals surface area contributed by atoms with E-state index < -0.39 is 17.1 Å². The van der Waals surface area contributed by atoms with Gasteiger partial charge >= 0.3 is 0 Å². The van der Waals surface area contributed by atoms with Crippen LogP contribution in [0.15, 0.2) is 11.0 Å². The number of hydrogen-bond acceptors (Lipinski definition) is 3. The van der Waals surface area contributed by atoms with Gasteiger partial charge in [-0.15, -0.1) is 0 Å². The third-order valence-corrected chi connectivity index (χ3v) is 3.85. The number of nitrogens with one attached hydrogen (secondary N) is 2. The second-order valence-corrected chi connectivity index (χ2v) is 5.25. The highest BCUT2D eigenvalue weighted by Gasteiger charge is 2.21. The smallest absolute Gasteiger partial charge is 0.220 e. The molecule has 0 saturated carbocycles. The van der Waals surface area contributed by atoms with E-state index in [9.17, 15) is 13.6 Å². The lowest BCUT2D eigenvalue weighted by Crippen LogP contribution is -2.14. The highest BCUT2D eigenvalue weighted by atomic mass is 19.1. The summed E-state index contributed by atoms with van der Waals surface area (Å²) in [4.78, 5) is 16.2. The van der Waals surface area contributed by atoms with Gasteiger partial charge in [0.15, 0.2) is 11.5 Å². The van der Waals surface area contributed by atoms with Gasteiger partial charge in [0.25, 0.3) is 0 Å². The summed E-state index contributed by atoms with van der Waals surface area (Å²) >= 11 is 0. The monoisotopic (exact) mass is 307 g/mol. The number of hydrogen-bond donors (Lipinski definition) is 3. The van der Waals surface area contributed by atoms with Gasteiger partial charge in [-0.1, -0.05) is 0 Å². The van der Waals surface area contributed by atoms with Gasteiger partial charge in [0.1, 0.15) is 5.82 Å². The molecule has 2 heterocycles. The SMILES string of the molecule is Cc1c(F)c2c(CCCCO)nc3[nH][nH]cc3c2c(F)c1=O.